The lowest BCUT2D eigenvalue weighted by Gasteiger charge is -2.30. The molecule has 2 N–H and O–H groups in total. The number of esters is 2. The number of rotatable bonds is 13. The molecule has 3 aromatic rings. The van der Waals surface area contributed by atoms with Crippen LogP contribution in [-0.4, -0.2) is 47.4 Å². The van der Waals surface area contributed by atoms with Crippen LogP contribution in [0, 0.1) is 10.1 Å². The minimum Gasteiger partial charge on any atom is -0.477 e. The number of hydrogen-bond donors (Lipinski definition) is 2. The molecule has 0 amide bonds. The van der Waals surface area contributed by atoms with Gasteiger partial charge < -0.3 is 19.5 Å². The van der Waals surface area contributed by atoms with Gasteiger partial charge in [0.2, 0.25) is 5.88 Å². The lowest BCUT2D eigenvalue weighted by Crippen LogP contribution is -2.32. The molecular weight excluding hydrogens is 609 g/mol. The number of methoxy groups -OCH3 is 1. The molecule has 0 bridgehead atoms. The van der Waals surface area contributed by atoms with E-state index in [1.807, 2.05) is 0 Å². The van der Waals surface area contributed by atoms with Crippen molar-refractivity contribution >= 4 is 17.6 Å². The topological polar surface area (TPSA) is 146 Å². The molecule has 1 aliphatic heterocycles. The molecule has 0 fully saturated rings. The summed E-state index contributed by atoms with van der Waals surface area (Å²) in [7, 11) is 1.19. The number of para-hydroxylation sites is 1. The number of halogens is 3. The Morgan fingerprint density at radius 3 is 2.24 bits per heavy atom. The Kier molecular flexibility index (Phi) is 10.8. The molecule has 0 radical (unpaired) electrons. The number of alkyl halides is 3. The average molecular weight is 643 g/mol. The first-order valence-corrected chi connectivity index (χ1v) is 14.5. The van der Waals surface area contributed by atoms with Gasteiger partial charge in [-0.2, -0.15) is 13.2 Å². The van der Waals surface area contributed by atoms with E-state index in [1.165, 1.54) is 49.6 Å². The standard InChI is InChI=1S/C32H33F3N4O7/c1-19-27(30(40)44-3)29(22-13-7-9-15-25(22)39(42)43)28(20(2)36-19)31(41)46-17-11-5-4-10-16-45-26-18-24(37-38-26)21-12-6-8-14-23(21)32(33,34)35/h6-9,12-15,18,29,36H,4-5,10-11,16-17H2,1-3H3,(H,37,38). The second-order valence-electron chi connectivity index (χ2n) is 10.5. The van der Waals surface area contributed by atoms with Crippen molar-refractivity contribution in [1.82, 2.24) is 15.5 Å². The molecule has 0 spiro atoms. The number of carbonyl (C=O) groups excluding carboxylic acids is 2. The summed E-state index contributed by atoms with van der Waals surface area (Å²) in [4.78, 5) is 37.4. The number of H-pyrrole nitrogens is 1. The summed E-state index contributed by atoms with van der Waals surface area (Å²) >= 11 is 0. The van der Waals surface area contributed by atoms with Crippen LogP contribution < -0.4 is 10.1 Å². The summed E-state index contributed by atoms with van der Waals surface area (Å²) in [5, 5.41) is 21.4. The van der Waals surface area contributed by atoms with Gasteiger partial charge in [-0.3, -0.25) is 15.2 Å². The van der Waals surface area contributed by atoms with Gasteiger partial charge in [0, 0.05) is 34.7 Å². The van der Waals surface area contributed by atoms with Crippen LogP contribution in [0.3, 0.4) is 0 Å². The molecule has 1 atom stereocenters. The molecule has 14 heteroatoms. The number of carbonyl (C=O) groups is 2. The Hall–Kier alpha value is -5.14. The molecule has 1 unspecified atom stereocenters. The first-order chi connectivity index (χ1) is 21.9. The van der Waals surface area contributed by atoms with Crippen LogP contribution in [0.1, 0.15) is 56.6 Å². The number of unbranched alkanes of at least 4 members (excludes halogenated alkanes) is 3. The fraction of sp³-hybridized carbons (Fsp3) is 0.344. The summed E-state index contributed by atoms with van der Waals surface area (Å²) in [6.45, 7) is 3.61. The Bertz CT molecular complexity index is 1660. The molecule has 1 aromatic heterocycles. The average Bonchev–Trinajstić information content (AvgIpc) is 3.50. The predicted octanol–water partition coefficient (Wildman–Crippen LogP) is 6.59. The van der Waals surface area contributed by atoms with Crippen molar-refractivity contribution in [3.8, 4) is 17.1 Å². The van der Waals surface area contributed by atoms with Crippen molar-refractivity contribution < 1.29 is 41.9 Å². The number of nitro groups is 1. The van der Waals surface area contributed by atoms with Crippen molar-refractivity contribution in [3.63, 3.8) is 0 Å². The number of aromatic nitrogens is 2. The summed E-state index contributed by atoms with van der Waals surface area (Å²) in [5.74, 6) is -2.35. The van der Waals surface area contributed by atoms with E-state index >= 15 is 0 Å². The minimum atomic E-state index is -4.51. The molecule has 2 heterocycles. The van der Waals surface area contributed by atoms with Gasteiger partial charge in [0.1, 0.15) is 0 Å². The number of nitro benzene ring substituents is 1. The summed E-state index contributed by atoms with van der Waals surface area (Å²) < 4.78 is 56.1. The molecule has 4 rings (SSSR count). The zero-order chi connectivity index (χ0) is 33.4. The maximum atomic E-state index is 13.4. The number of hydrogen-bond acceptors (Lipinski definition) is 9. The fourth-order valence-electron chi connectivity index (χ4n) is 5.31. The van der Waals surface area contributed by atoms with Gasteiger partial charge in [-0.25, -0.2) is 9.59 Å². The molecule has 1 aliphatic rings. The van der Waals surface area contributed by atoms with E-state index in [9.17, 15) is 32.9 Å². The van der Waals surface area contributed by atoms with Crippen LogP contribution >= 0.6 is 0 Å². The molecule has 11 nitrogen and oxygen atoms in total. The molecule has 244 valence electrons. The molecule has 0 saturated heterocycles. The summed E-state index contributed by atoms with van der Waals surface area (Å²) in [5.41, 5.74) is 0.258. The second kappa shape index (κ2) is 14.8. The van der Waals surface area contributed by atoms with Crippen LogP contribution in [0.5, 0.6) is 5.88 Å². The van der Waals surface area contributed by atoms with Gasteiger partial charge in [-0.05, 0) is 45.6 Å². The number of aromatic amines is 1. The normalized spacial score (nSPS) is 15.0. The van der Waals surface area contributed by atoms with Crippen LogP contribution in [0.2, 0.25) is 0 Å². The third-order valence-electron chi connectivity index (χ3n) is 7.43. The fourth-order valence-corrected chi connectivity index (χ4v) is 5.31. The maximum absolute atomic E-state index is 13.4. The second-order valence-corrected chi connectivity index (χ2v) is 10.5. The Balaban J connectivity index is 1.30. The third kappa shape index (κ3) is 7.73. The lowest BCUT2D eigenvalue weighted by atomic mass is 9.79. The van der Waals surface area contributed by atoms with Crippen LogP contribution in [-0.2, 0) is 25.2 Å². The zero-order valence-corrected chi connectivity index (χ0v) is 25.4. The van der Waals surface area contributed by atoms with Crippen molar-refractivity contribution in [2.75, 3.05) is 20.3 Å². The van der Waals surface area contributed by atoms with Gasteiger partial charge in [0.25, 0.3) is 5.69 Å². The van der Waals surface area contributed by atoms with Crippen molar-refractivity contribution in [2.24, 2.45) is 0 Å². The number of nitrogens with one attached hydrogen (secondary N) is 2. The van der Waals surface area contributed by atoms with E-state index in [4.69, 9.17) is 14.2 Å². The Labute approximate surface area is 262 Å². The van der Waals surface area contributed by atoms with E-state index in [-0.39, 0.29) is 52.7 Å². The molecule has 0 aliphatic carbocycles. The summed E-state index contributed by atoms with van der Waals surface area (Å²) in [6, 6.07) is 12.5. The van der Waals surface area contributed by atoms with Gasteiger partial charge in [-0.15, -0.1) is 5.10 Å². The summed E-state index contributed by atoms with van der Waals surface area (Å²) in [6.07, 6.45) is -1.98. The third-order valence-corrected chi connectivity index (χ3v) is 7.43. The van der Waals surface area contributed by atoms with E-state index in [0.717, 1.165) is 6.07 Å². The van der Waals surface area contributed by atoms with Gasteiger partial charge >= 0.3 is 18.1 Å². The highest BCUT2D eigenvalue weighted by molar-refractivity contribution is 6.00. The monoisotopic (exact) mass is 642 g/mol. The van der Waals surface area contributed by atoms with E-state index in [2.05, 4.69) is 15.5 Å². The highest BCUT2D eigenvalue weighted by Crippen LogP contribution is 2.42. The van der Waals surface area contributed by atoms with Crippen LogP contribution in [0.4, 0.5) is 18.9 Å². The largest absolute Gasteiger partial charge is 0.477 e. The van der Waals surface area contributed by atoms with Crippen molar-refractivity contribution in [3.05, 3.63) is 98.4 Å². The number of allylic oxidation sites excluding steroid dienone is 2. The quantitative estimate of drug-likeness (QED) is 0.0912. The highest BCUT2D eigenvalue weighted by atomic mass is 19.4. The van der Waals surface area contributed by atoms with E-state index in [1.54, 1.807) is 19.9 Å². The molecule has 2 aromatic carbocycles. The predicted molar refractivity (Wildman–Crippen MR) is 160 cm³/mol. The number of benzene rings is 2. The smallest absolute Gasteiger partial charge is 0.417 e. The van der Waals surface area contributed by atoms with Crippen LogP contribution in [0.15, 0.2) is 77.1 Å². The van der Waals surface area contributed by atoms with Crippen molar-refractivity contribution in [2.45, 2.75) is 51.6 Å². The number of nitrogens with zero attached hydrogens (tertiary/aromatic N) is 2. The first-order valence-electron chi connectivity index (χ1n) is 14.5. The lowest BCUT2D eigenvalue weighted by molar-refractivity contribution is -0.385. The van der Waals surface area contributed by atoms with Gasteiger partial charge in [0.05, 0.1) is 53.6 Å². The first kappa shape index (κ1) is 33.7. The van der Waals surface area contributed by atoms with E-state index < -0.39 is 34.5 Å². The number of ether oxygens (including phenoxy) is 3. The highest BCUT2D eigenvalue weighted by Gasteiger charge is 2.40. The maximum Gasteiger partial charge on any atom is 0.417 e. The zero-order valence-electron chi connectivity index (χ0n) is 25.4. The van der Waals surface area contributed by atoms with Gasteiger partial charge in [-0.1, -0.05) is 36.4 Å². The number of dihydropyridines is 1. The van der Waals surface area contributed by atoms with Gasteiger partial charge in [0.15, 0.2) is 0 Å². The van der Waals surface area contributed by atoms with E-state index in [0.29, 0.717) is 37.1 Å². The molecular formula is C32H33F3N4O7. The Morgan fingerprint density at radius 2 is 1.57 bits per heavy atom. The van der Waals surface area contributed by atoms with Crippen LogP contribution in [0.25, 0.3) is 11.3 Å². The SMILES string of the molecule is COC(=O)C1=C(C)NC(C)=C(C(=O)OCCCCCCOc2cc(-c3ccccc3C(F)(F)F)[nH]n2)C1c1ccccc1[N+](=O)[O-]. The Morgan fingerprint density at radius 1 is 0.935 bits per heavy atom. The molecule has 46 heavy (non-hydrogen) atoms. The van der Waals surface area contributed by atoms with Crippen molar-refractivity contribution in [1.29, 1.82) is 0 Å². The minimum absolute atomic E-state index is 0.0251. The molecule has 0 saturated carbocycles.